The fourth-order valence-corrected chi connectivity index (χ4v) is 2.09. The van der Waals surface area contributed by atoms with Crippen LogP contribution in [0.2, 0.25) is 0 Å². The molecule has 0 radical (unpaired) electrons. The van der Waals surface area contributed by atoms with E-state index in [0.717, 1.165) is 5.56 Å². The van der Waals surface area contributed by atoms with Gasteiger partial charge in [0.15, 0.2) is 0 Å². The lowest BCUT2D eigenvalue weighted by atomic mass is 9.77. The summed E-state index contributed by atoms with van der Waals surface area (Å²) in [5.74, 6) is 0. The van der Waals surface area contributed by atoms with Gasteiger partial charge >= 0.3 is 7.12 Å². The van der Waals surface area contributed by atoms with Crippen LogP contribution < -0.4 is 11.0 Å². The number of rotatable bonds is 6. The Hall–Kier alpha value is -1.89. The van der Waals surface area contributed by atoms with E-state index in [0.29, 0.717) is 12.0 Å². The third kappa shape index (κ3) is 4.35. The largest absolute Gasteiger partial charge is 0.493 e. The van der Waals surface area contributed by atoms with E-state index in [1.807, 2.05) is 30.3 Å². The maximum atomic E-state index is 12.0. The molecule has 0 saturated carbocycles. The summed E-state index contributed by atoms with van der Waals surface area (Å²) in [4.78, 5) is 12.0. The fourth-order valence-electron chi connectivity index (χ4n) is 2.09. The van der Waals surface area contributed by atoms with E-state index in [-0.39, 0.29) is 5.56 Å². The standard InChI is InChI=1S/C18H24BNO4/c1-17(2,22)18(3,4)24-19(23)15-10-11-16(21)20(13-15)12-14-8-6-5-7-9-14/h5-11,13,22-23H,12H2,1-4H3. The average molecular weight is 329 g/mol. The van der Waals surface area contributed by atoms with Crippen molar-refractivity contribution >= 4 is 12.6 Å². The first-order valence-corrected chi connectivity index (χ1v) is 7.93. The van der Waals surface area contributed by atoms with Gasteiger partial charge in [0, 0.05) is 12.3 Å². The summed E-state index contributed by atoms with van der Waals surface area (Å²) in [6, 6.07) is 12.5. The van der Waals surface area contributed by atoms with Crippen LogP contribution in [0.25, 0.3) is 0 Å². The molecular weight excluding hydrogens is 305 g/mol. The summed E-state index contributed by atoms with van der Waals surface area (Å²) in [7, 11) is -1.24. The molecule has 0 aliphatic carbocycles. The Morgan fingerprint density at radius 1 is 1.08 bits per heavy atom. The SMILES string of the molecule is CC(C)(O)C(C)(C)OB(O)c1ccc(=O)n(Cc2ccccc2)c1. The Labute approximate surface area is 142 Å². The molecule has 24 heavy (non-hydrogen) atoms. The summed E-state index contributed by atoms with van der Waals surface area (Å²) in [5.41, 5.74) is -0.803. The normalized spacial score (nSPS) is 12.2. The van der Waals surface area contributed by atoms with Gasteiger partial charge in [-0.15, -0.1) is 0 Å². The van der Waals surface area contributed by atoms with Crippen molar-refractivity contribution in [1.29, 1.82) is 0 Å². The molecule has 0 atom stereocenters. The number of benzene rings is 1. The molecule has 1 aromatic carbocycles. The number of nitrogens with zero attached hydrogens (tertiary/aromatic N) is 1. The molecule has 0 bridgehead atoms. The first-order chi connectivity index (χ1) is 11.1. The van der Waals surface area contributed by atoms with Crippen molar-refractivity contribution in [3.8, 4) is 0 Å². The molecule has 5 nitrogen and oxygen atoms in total. The smallest absolute Gasteiger partial charge is 0.423 e. The summed E-state index contributed by atoms with van der Waals surface area (Å²) >= 11 is 0. The summed E-state index contributed by atoms with van der Waals surface area (Å²) in [6.07, 6.45) is 1.58. The van der Waals surface area contributed by atoms with Gasteiger partial charge < -0.3 is 19.4 Å². The predicted octanol–water partition coefficient (Wildman–Crippen LogP) is 1.15. The highest BCUT2D eigenvalue weighted by molar-refractivity contribution is 6.60. The Morgan fingerprint density at radius 2 is 1.71 bits per heavy atom. The van der Waals surface area contributed by atoms with Crippen LogP contribution in [0, 0.1) is 0 Å². The number of hydrogen-bond acceptors (Lipinski definition) is 4. The first kappa shape index (κ1) is 18.5. The zero-order valence-corrected chi connectivity index (χ0v) is 14.6. The van der Waals surface area contributed by atoms with Crippen molar-refractivity contribution < 1.29 is 14.8 Å². The van der Waals surface area contributed by atoms with Gasteiger partial charge in [0.05, 0.1) is 17.7 Å². The van der Waals surface area contributed by atoms with Crippen LogP contribution >= 0.6 is 0 Å². The number of aliphatic hydroxyl groups is 1. The molecule has 0 spiro atoms. The number of aromatic nitrogens is 1. The minimum absolute atomic E-state index is 0.156. The minimum atomic E-state index is -1.24. The molecule has 0 fully saturated rings. The fraction of sp³-hybridized carbons (Fsp3) is 0.389. The summed E-state index contributed by atoms with van der Waals surface area (Å²) in [5, 5.41) is 20.5. The van der Waals surface area contributed by atoms with Gasteiger partial charge in [-0.3, -0.25) is 4.79 Å². The molecule has 1 aromatic heterocycles. The van der Waals surface area contributed by atoms with Crippen molar-refractivity contribution in [1.82, 2.24) is 4.57 Å². The van der Waals surface area contributed by atoms with Gasteiger partial charge in [0.1, 0.15) is 0 Å². The van der Waals surface area contributed by atoms with E-state index in [1.54, 1.807) is 33.9 Å². The van der Waals surface area contributed by atoms with Crippen LogP contribution in [0.3, 0.4) is 0 Å². The Morgan fingerprint density at radius 3 is 2.29 bits per heavy atom. The molecule has 2 aromatic rings. The van der Waals surface area contributed by atoms with Crippen LogP contribution in [-0.2, 0) is 11.2 Å². The van der Waals surface area contributed by atoms with Crippen LogP contribution in [0.1, 0.15) is 33.3 Å². The summed E-state index contributed by atoms with van der Waals surface area (Å²) in [6.45, 7) is 7.06. The van der Waals surface area contributed by atoms with Crippen molar-refractivity contribution in [2.24, 2.45) is 0 Å². The predicted molar refractivity (Wildman–Crippen MR) is 95.3 cm³/mol. The molecule has 6 heteroatoms. The third-order valence-corrected chi connectivity index (χ3v) is 4.37. The van der Waals surface area contributed by atoms with Crippen molar-refractivity contribution in [2.75, 3.05) is 0 Å². The quantitative estimate of drug-likeness (QED) is 0.780. The Kier molecular flexibility index (Phi) is 5.33. The molecule has 1 heterocycles. The monoisotopic (exact) mass is 329 g/mol. The molecular formula is C18H24BNO4. The highest BCUT2D eigenvalue weighted by Gasteiger charge is 2.39. The third-order valence-electron chi connectivity index (χ3n) is 4.37. The Balaban J connectivity index is 2.23. The highest BCUT2D eigenvalue weighted by Crippen LogP contribution is 2.25. The second-order valence-electron chi connectivity index (χ2n) is 6.95. The average Bonchev–Trinajstić information content (AvgIpc) is 2.49. The zero-order valence-electron chi connectivity index (χ0n) is 14.6. The van der Waals surface area contributed by atoms with Gasteiger partial charge in [0.25, 0.3) is 5.56 Å². The molecule has 2 N–H and O–H groups in total. The number of hydrogen-bond donors (Lipinski definition) is 2. The zero-order chi connectivity index (χ0) is 18.0. The van der Waals surface area contributed by atoms with E-state index < -0.39 is 18.3 Å². The van der Waals surface area contributed by atoms with E-state index in [9.17, 15) is 14.9 Å². The van der Waals surface area contributed by atoms with Crippen LogP contribution in [-0.4, -0.2) is 33.0 Å². The second kappa shape index (κ2) is 6.93. The lowest BCUT2D eigenvalue weighted by Gasteiger charge is -2.38. The van der Waals surface area contributed by atoms with E-state index >= 15 is 0 Å². The van der Waals surface area contributed by atoms with E-state index in [2.05, 4.69) is 0 Å². The molecule has 2 rings (SSSR count). The van der Waals surface area contributed by atoms with Gasteiger partial charge in [-0.1, -0.05) is 36.4 Å². The molecule has 128 valence electrons. The molecule has 0 aliphatic heterocycles. The van der Waals surface area contributed by atoms with Crippen molar-refractivity contribution in [3.05, 3.63) is 64.6 Å². The first-order valence-electron chi connectivity index (χ1n) is 7.93. The van der Waals surface area contributed by atoms with Crippen LogP contribution in [0.4, 0.5) is 0 Å². The minimum Gasteiger partial charge on any atom is -0.423 e. The Bertz CT molecular complexity index is 735. The van der Waals surface area contributed by atoms with Gasteiger partial charge in [-0.2, -0.15) is 0 Å². The van der Waals surface area contributed by atoms with Crippen molar-refractivity contribution in [2.45, 2.75) is 45.4 Å². The topological polar surface area (TPSA) is 71.7 Å². The van der Waals surface area contributed by atoms with Crippen LogP contribution in [0.15, 0.2) is 53.5 Å². The molecule has 0 aliphatic rings. The summed E-state index contributed by atoms with van der Waals surface area (Å²) < 4.78 is 7.15. The molecule has 0 amide bonds. The van der Waals surface area contributed by atoms with Gasteiger partial charge in [-0.05, 0) is 38.7 Å². The highest BCUT2D eigenvalue weighted by atomic mass is 16.5. The van der Waals surface area contributed by atoms with E-state index in [1.165, 1.54) is 16.7 Å². The molecule has 0 unspecified atom stereocenters. The van der Waals surface area contributed by atoms with Gasteiger partial charge in [0.2, 0.25) is 0 Å². The lowest BCUT2D eigenvalue weighted by molar-refractivity contribution is -0.0982. The maximum absolute atomic E-state index is 12.0. The lowest BCUT2D eigenvalue weighted by Crippen LogP contribution is -2.53. The van der Waals surface area contributed by atoms with Crippen molar-refractivity contribution in [3.63, 3.8) is 0 Å². The maximum Gasteiger partial charge on any atom is 0.493 e. The van der Waals surface area contributed by atoms with Crippen LogP contribution in [0.5, 0.6) is 0 Å². The van der Waals surface area contributed by atoms with E-state index in [4.69, 9.17) is 4.65 Å². The second-order valence-corrected chi connectivity index (χ2v) is 6.95. The molecule has 0 saturated heterocycles. The number of pyridine rings is 1. The van der Waals surface area contributed by atoms with Gasteiger partial charge in [-0.25, -0.2) is 0 Å².